The highest BCUT2D eigenvalue weighted by atomic mass is 35.5. The van der Waals surface area contributed by atoms with Gasteiger partial charge in [-0.25, -0.2) is 4.98 Å². The van der Waals surface area contributed by atoms with E-state index in [4.69, 9.17) is 28.2 Å². The maximum absolute atomic E-state index is 12.8. The summed E-state index contributed by atoms with van der Waals surface area (Å²) < 4.78 is 2.98. The molecule has 136 valence electrons. The van der Waals surface area contributed by atoms with Gasteiger partial charge in [-0.15, -0.1) is 16.7 Å². The molecule has 27 heavy (non-hydrogen) atoms. The van der Waals surface area contributed by atoms with E-state index in [9.17, 15) is 9.59 Å². The van der Waals surface area contributed by atoms with Crippen LogP contribution in [0.1, 0.15) is 24.2 Å². The summed E-state index contributed by atoms with van der Waals surface area (Å²) in [4.78, 5) is 29.8. The average Bonchev–Trinajstić information content (AvgIpc) is 3.11. The highest BCUT2D eigenvalue weighted by Crippen LogP contribution is 2.58. The van der Waals surface area contributed by atoms with Crippen LogP contribution in [0.25, 0.3) is 16.9 Å². The van der Waals surface area contributed by atoms with Gasteiger partial charge in [-0.1, -0.05) is 11.6 Å². The molecular formula is C17H12Cl2N6O2. The van der Waals surface area contributed by atoms with Gasteiger partial charge in [-0.3, -0.25) is 14.2 Å². The zero-order valence-electron chi connectivity index (χ0n) is 13.8. The van der Waals surface area contributed by atoms with Crippen molar-refractivity contribution in [2.45, 2.75) is 18.4 Å². The molecule has 5 rings (SSSR count). The van der Waals surface area contributed by atoms with Crippen molar-refractivity contribution in [1.29, 1.82) is 0 Å². The molecule has 1 aliphatic carbocycles. The predicted molar refractivity (Wildman–Crippen MR) is 97.3 cm³/mol. The molecule has 8 nitrogen and oxygen atoms in total. The second-order valence-corrected chi connectivity index (χ2v) is 7.38. The largest absolute Gasteiger partial charge is 0.296 e. The Labute approximate surface area is 162 Å². The number of benzene rings is 1. The summed E-state index contributed by atoms with van der Waals surface area (Å²) in [5.74, 6) is 0.611. The number of carbonyl (C=O) groups is 1. The van der Waals surface area contributed by atoms with Crippen LogP contribution in [0.5, 0.6) is 0 Å². The van der Waals surface area contributed by atoms with E-state index in [1.807, 2.05) is 0 Å². The molecule has 1 aliphatic heterocycles. The third-order valence-corrected chi connectivity index (χ3v) is 5.63. The number of rotatable bonds is 4. The first kappa shape index (κ1) is 16.6. The number of ketones is 1. The number of aromatic nitrogens is 6. The van der Waals surface area contributed by atoms with Gasteiger partial charge in [0.1, 0.15) is 18.2 Å². The van der Waals surface area contributed by atoms with E-state index in [1.54, 1.807) is 18.2 Å². The minimum Gasteiger partial charge on any atom is -0.296 e. The van der Waals surface area contributed by atoms with Crippen LogP contribution in [0.4, 0.5) is 0 Å². The van der Waals surface area contributed by atoms with Gasteiger partial charge in [0.05, 0.1) is 17.3 Å². The van der Waals surface area contributed by atoms with Crippen LogP contribution in [0, 0.1) is 5.92 Å². The number of alkyl halides is 1. The van der Waals surface area contributed by atoms with Gasteiger partial charge in [0, 0.05) is 22.6 Å². The number of nitrogens with zero attached hydrogens (tertiary/aromatic N) is 6. The minimum atomic E-state index is -0.505. The maximum atomic E-state index is 12.8. The van der Waals surface area contributed by atoms with Crippen LogP contribution in [-0.2, 0) is 4.79 Å². The lowest BCUT2D eigenvalue weighted by molar-refractivity contribution is -0.120. The van der Waals surface area contributed by atoms with E-state index in [0.29, 0.717) is 27.8 Å². The van der Waals surface area contributed by atoms with Gasteiger partial charge >= 0.3 is 0 Å². The second kappa shape index (κ2) is 5.97. The topological polar surface area (TPSA) is 95.6 Å². The Morgan fingerprint density at radius 2 is 2.15 bits per heavy atom. The van der Waals surface area contributed by atoms with Gasteiger partial charge in [0.2, 0.25) is 0 Å². The van der Waals surface area contributed by atoms with Gasteiger partial charge in [-0.2, -0.15) is 4.68 Å². The highest BCUT2D eigenvalue weighted by Gasteiger charge is 2.56. The molecule has 3 heterocycles. The van der Waals surface area contributed by atoms with Crippen molar-refractivity contribution in [3.8, 4) is 16.9 Å². The summed E-state index contributed by atoms with van der Waals surface area (Å²) in [6.07, 6.45) is 2.30. The van der Waals surface area contributed by atoms with Crippen molar-refractivity contribution in [1.82, 2.24) is 29.8 Å². The van der Waals surface area contributed by atoms with Gasteiger partial charge < -0.3 is 0 Å². The molecule has 2 aliphatic rings. The Kier molecular flexibility index (Phi) is 3.66. The molecule has 0 N–H and O–H groups in total. The molecule has 0 spiro atoms. The van der Waals surface area contributed by atoms with E-state index >= 15 is 0 Å². The van der Waals surface area contributed by atoms with Gasteiger partial charge in [0.25, 0.3) is 5.56 Å². The molecule has 1 saturated carbocycles. The lowest BCUT2D eigenvalue weighted by atomic mass is 10.1. The molecule has 0 amide bonds. The predicted octanol–water partition coefficient (Wildman–Crippen LogP) is 2.01. The van der Waals surface area contributed by atoms with E-state index in [1.165, 1.54) is 21.6 Å². The zero-order chi connectivity index (χ0) is 18.7. The van der Waals surface area contributed by atoms with Crippen molar-refractivity contribution < 1.29 is 4.79 Å². The third kappa shape index (κ3) is 2.51. The Morgan fingerprint density at radius 1 is 1.30 bits per heavy atom. The normalized spacial score (nSPS) is 22.4. The number of Topliss-reactive ketones (excluding diaryl/α,β-unsaturated/α-hetero) is 1. The molecule has 10 heteroatoms. The summed E-state index contributed by atoms with van der Waals surface area (Å²) in [6.45, 7) is 0. The summed E-state index contributed by atoms with van der Waals surface area (Å²) >= 11 is 11.9. The Morgan fingerprint density at radius 3 is 2.89 bits per heavy atom. The summed E-state index contributed by atoms with van der Waals surface area (Å²) in [7, 11) is 0. The summed E-state index contributed by atoms with van der Waals surface area (Å²) in [5, 5.41) is 11.7. The highest BCUT2D eigenvalue weighted by molar-refractivity contribution is 6.31. The van der Waals surface area contributed by atoms with Crippen LogP contribution in [0.2, 0.25) is 5.02 Å². The quantitative estimate of drug-likeness (QED) is 0.619. The van der Waals surface area contributed by atoms with Crippen LogP contribution < -0.4 is 5.56 Å². The van der Waals surface area contributed by atoms with Gasteiger partial charge in [0.15, 0.2) is 5.78 Å². The SMILES string of the molecule is O=C(CCl)[C@@H]1[C@H]2C[C@H]2c2nc(-c3cc(Cl)ccc3-n3cnnn3)cc(=O)n21. The molecule has 3 atom stereocenters. The number of hydrogen-bond acceptors (Lipinski definition) is 6. The summed E-state index contributed by atoms with van der Waals surface area (Å²) in [6, 6.07) is 6.12. The molecule has 2 aromatic heterocycles. The standard InChI is InChI=1S/C17H12Cl2N6O2/c18-6-14(26)16-9-4-10(9)17-21-12(5-15(27)25(16)17)11-3-8(19)1-2-13(11)24-7-20-22-23-24/h1-3,5,7,9-10,16H,4,6H2/t9-,10+,16-/m0/s1. The molecule has 3 aromatic rings. The maximum Gasteiger partial charge on any atom is 0.254 e. The van der Waals surface area contributed by atoms with Crippen LogP contribution >= 0.6 is 23.2 Å². The van der Waals surface area contributed by atoms with Crippen molar-refractivity contribution in [3.05, 3.63) is 51.8 Å². The van der Waals surface area contributed by atoms with Crippen molar-refractivity contribution in [2.24, 2.45) is 5.92 Å². The number of fused-ring (bicyclic) bond motifs is 3. The lowest BCUT2D eigenvalue weighted by Gasteiger charge is -2.16. The molecule has 1 fully saturated rings. The number of tetrazole rings is 1. The first-order valence-corrected chi connectivity index (χ1v) is 9.25. The molecule has 0 unspecified atom stereocenters. The molecule has 0 saturated heterocycles. The number of halogens is 2. The smallest absolute Gasteiger partial charge is 0.254 e. The molecule has 0 radical (unpaired) electrons. The first-order chi connectivity index (χ1) is 13.1. The molecule has 1 aromatic carbocycles. The van der Waals surface area contributed by atoms with Gasteiger partial charge in [-0.05, 0) is 41.0 Å². The first-order valence-electron chi connectivity index (χ1n) is 8.34. The van der Waals surface area contributed by atoms with E-state index in [0.717, 1.165) is 6.42 Å². The number of hydrogen-bond donors (Lipinski definition) is 0. The fourth-order valence-electron chi connectivity index (χ4n) is 3.89. The van der Waals surface area contributed by atoms with E-state index in [-0.39, 0.29) is 29.1 Å². The Balaban J connectivity index is 1.69. The number of carbonyl (C=O) groups excluding carboxylic acids is 1. The summed E-state index contributed by atoms with van der Waals surface area (Å²) in [5.41, 5.74) is 1.50. The minimum absolute atomic E-state index is 0.112. The van der Waals surface area contributed by atoms with E-state index in [2.05, 4.69) is 15.5 Å². The van der Waals surface area contributed by atoms with Crippen molar-refractivity contribution in [3.63, 3.8) is 0 Å². The van der Waals surface area contributed by atoms with Crippen LogP contribution in [-0.4, -0.2) is 41.4 Å². The third-order valence-electron chi connectivity index (χ3n) is 5.13. The van der Waals surface area contributed by atoms with Crippen molar-refractivity contribution >= 4 is 29.0 Å². The monoisotopic (exact) mass is 402 g/mol. The van der Waals surface area contributed by atoms with E-state index < -0.39 is 6.04 Å². The molecular weight excluding hydrogens is 391 g/mol. The Hall–Kier alpha value is -2.58. The van der Waals surface area contributed by atoms with Crippen LogP contribution in [0.3, 0.4) is 0 Å². The fraction of sp³-hybridized carbons (Fsp3) is 0.294. The Bertz CT molecular complexity index is 1130. The second-order valence-electron chi connectivity index (χ2n) is 6.67. The van der Waals surface area contributed by atoms with Crippen LogP contribution in [0.15, 0.2) is 35.4 Å². The van der Waals surface area contributed by atoms with Crippen molar-refractivity contribution in [2.75, 3.05) is 5.88 Å². The fourth-order valence-corrected chi connectivity index (χ4v) is 4.22. The molecule has 0 bridgehead atoms. The lowest BCUT2D eigenvalue weighted by Crippen LogP contribution is -2.31. The zero-order valence-corrected chi connectivity index (χ0v) is 15.3. The average molecular weight is 403 g/mol.